The number of methoxy groups -OCH3 is 1. The molecule has 1 aromatic rings. The van der Waals surface area contributed by atoms with Crippen molar-refractivity contribution in [3.8, 4) is 11.5 Å². The molecule has 3 N–H and O–H groups in total. The fourth-order valence-electron chi connectivity index (χ4n) is 1.82. The van der Waals surface area contributed by atoms with E-state index in [9.17, 15) is 10.2 Å². The molecule has 1 unspecified atom stereocenters. The lowest BCUT2D eigenvalue weighted by atomic mass is 9.98. The van der Waals surface area contributed by atoms with E-state index in [-0.39, 0.29) is 5.75 Å². The molecule has 0 heterocycles. The summed E-state index contributed by atoms with van der Waals surface area (Å²) in [4.78, 5) is 0. The first kappa shape index (κ1) is 12.8. The predicted octanol–water partition coefficient (Wildman–Crippen LogP) is 1.27. The predicted molar refractivity (Wildman–Crippen MR) is 63.0 cm³/mol. The lowest BCUT2D eigenvalue weighted by Crippen LogP contribution is -2.18. The van der Waals surface area contributed by atoms with Gasteiger partial charge in [0.1, 0.15) is 11.5 Å². The Morgan fingerprint density at radius 1 is 1.44 bits per heavy atom. The number of aryl methyl sites for hydroxylation is 1. The molecule has 0 aliphatic rings. The highest BCUT2D eigenvalue weighted by molar-refractivity contribution is 5.53. The molecule has 16 heavy (non-hydrogen) atoms. The van der Waals surface area contributed by atoms with Gasteiger partial charge in [0.15, 0.2) is 0 Å². The second kappa shape index (κ2) is 5.18. The molecule has 0 fully saturated rings. The number of rotatable bonds is 4. The van der Waals surface area contributed by atoms with Gasteiger partial charge in [0.05, 0.1) is 13.2 Å². The summed E-state index contributed by atoms with van der Waals surface area (Å²) in [5.41, 5.74) is 2.04. The normalized spacial score (nSPS) is 12.6. The Morgan fingerprint density at radius 3 is 2.56 bits per heavy atom. The van der Waals surface area contributed by atoms with Crippen LogP contribution in [0.5, 0.6) is 11.5 Å². The lowest BCUT2D eigenvalue weighted by Gasteiger charge is -2.18. The zero-order valence-corrected chi connectivity index (χ0v) is 10.2. The molecule has 4 nitrogen and oxygen atoms in total. The Kier molecular flexibility index (Phi) is 4.15. The third-order valence-electron chi connectivity index (χ3n) is 2.70. The Hall–Kier alpha value is -1.26. The van der Waals surface area contributed by atoms with E-state index in [4.69, 9.17) is 4.74 Å². The van der Waals surface area contributed by atoms with Crippen LogP contribution in [0.15, 0.2) is 6.07 Å². The van der Waals surface area contributed by atoms with Crippen LogP contribution in [0.4, 0.5) is 0 Å². The molecular formula is C12H19NO3. The number of phenolic OH excluding ortho intramolecular Hbond substituents is 1. The number of aromatic hydroxyl groups is 1. The summed E-state index contributed by atoms with van der Waals surface area (Å²) in [6.45, 7) is 4.01. The molecule has 0 saturated heterocycles. The van der Waals surface area contributed by atoms with Crippen molar-refractivity contribution in [1.29, 1.82) is 0 Å². The number of hydrogen-bond acceptors (Lipinski definition) is 4. The van der Waals surface area contributed by atoms with Gasteiger partial charge in [-0.15, -0.1) is 0 Å². The van der Waals surface area contributed by atoms with Gasteiger partial charge in [-0.1, -0.05) is 0 Å². The molecule has 0 saturated carbocycles. The van der Waals surface area contributed by atoms with Crippen LogP contribution in [0, 0.1) is 13.8 Å². The lowest BCUT2D eigenvalue weighted by molar-refractivity contribution is 0.173. The van der Waals surface area contributed by atoms with Gasteiger partial charge in [0.2, 0.25) is 0 Å². The zero-order valence-electron chi connectivity index (χ0n) is 10.2. The van der Waals surface area contributed by atoms with E-state index in [0.717, 1.165) is 5.56 Å². The highest BCUT2D eigenvalue weighted by Gasteiger charge is 2.18. The largest absolute Gasteiger partial charge is 0.507 e. The molecule has 0 bridgehead atoms. The number of benzene rings is 1. The minimum absolute atomic E-state index is 0.111. The summed E-state index contributed by atoms with van der Waals surface area (Å²) in [5.74, 6) is 0.745. The van der Waals surface area contributed by atoms with Crippen LogP contribution >= 0.6 is 0 Å². The Morgan fingerprint density at radius 2 is 2.06 bits per heavy atom. The van der Waals surface area contributed by atoms with Gasteiger partial charge < -0.3 is 20.3 Å². The monoisotopic (exact) mass is 225 g/mol. The molecule has 0 aliphatic heterocycles. The smallest absolute Gasteiger partial charge is 0.128 e. The molecule has 1 rings (SSSR count). The van der Waals surface area contributed by atoms with Crippen molar-refractivity contribution in [2.45, 2.75) is 20.0 Å². The van der Waals surface area contributed by atoms with Gasteiger partial charge in [-0.3, -0.25) is 0 Å². The number of aliphatic hydroxyl groups is 1. The van der Waals surface area contributed by atoms with E-state index >= 15 is 0 Å². The summed E-state index contributed by atoms with van der Waals surface area (Å²) in [6, 6.07) is 1.82. The maximum Gasteiger partial charge on any atom is 0.128 e. The molecule has 1 aromatic carbocycles. The van der Waals surface area contributed by atoms with Crippen LogP contribution in [0.3, 0.4) is 0 Å². The van der Waals surface area contributed by atoms with Crippen molar-refractivity contribution in [2.75, 3.05) is 20.7 Å². The molecule has 1 atom stereocenters. The summed E-state index contributed by atoms with van der Waals surface area (Å²) in [7, 11) is 3.32. The third-order valence-corrected chi connectivity index (χ3v) is 2.70. The summed E-state index contributed by atoms with van der Waals surface area (Å²) in [6.07, 6.45) is -0.713. The van der Waals surface area contributed by atoms with Crippen molar-refractivity contribution in [3.05, 3.63) is 22.8 Å². The molecule has 0 amide bonds. The number of ether oxygens (including phenoxy) is 1. The summed E-state index contributed by atoms with van der Waals surface area (Å²) >= 11 is 0. The van der Waals surface area contributed by atoms with E-state index in [0.29, 0.717) is 23.4 Å². The van der Waals surface area contributed by atoms with Gasteiger partial charge in [-0.2, -0.15) is 0 Å². The molecule has 0 spiro atoms. The van der Waals surface area contributed by atoms with Crippen LogP contribution < -0.4 is 10.1 Å². The number of hydrogen-bond donors (Lipinski definition) is 3. The molecular weight excluding hydrogens is 206 g/mol. The summed E-state index contributed by atoms with van der Waals surface area (Å²) in [5, 5.41) is 22.8. The quantitative estimate of drug-likeness (QED) is 0.722. The van der Waals surface area contributed by atoms with Crippen molar-refractivity contribution >= 4 is 0 Å². The van der Waals surface area contributed by atoms with E-state index in [1.165, 1.54) is 0 Å². The molecule has 0 aromatic heterocycles. The highest BCUT2D eigenvalue weighted by atomic mass is 16.5. The van der Waals surface area contributed by atoms with Crippen molar-refractivity contribution in [1.82, 2.24) is 5.32 Å². The first-order valence-electron chi connectivity index (χ1n) is 5.22. The van der Waals surface area contributed by atoms with E-state index < -0.39 is 6.10 Å². The average molecular weight is 225 g/mol. The Labute approximate surface area is 95.9 Å². The maximum absolute atomic E-state index is 10.0. The third kappa shape index (κ3) is 2.28. The maximum atomic E-state index is 10.0. The van der Waals surface area contributed by atoms with Crippen LogP contribution in [-0.4, -0.2) is 30.9 Å². The topological polar surface area (TPSA) is 61.7 Å². The van der Waals surface area contributed by atoms with Crippen molar-refractivity contribution in [3.63, 3.8) is 0 Å². The molecule has 0 aliphatic carbocycles. The van der Waals surface area contributed by atoms with Crippen LogP contribution in [0.2, 0.25) is 0 Å². The van der Waals surface area contributed by atoms with Crippen LogP contribution in [-0.2, 0) is 0 Å². The second-order valence-electron chi connectivity index (χ2n) is 3.86. The Bertz CT molecular complexity index is 377. The van der Waals surface area contributed by atoms with Gasteiger partial charge in [0.25, 0.3) is 0 Å². The minimum atomic E-state index is -0.713. The SMILES string of the molecule is CNCC(O)c1c(C)cc(OC)c(C)c1O. The van der Waals surface area contributed by atoms with E-state index in [1.807, 2.05) is 13.0 Å². The first-order chi connectivity index (χ1) is 7.52. The Balaban J connectivity index is 3.24. The molecule has 0 radical (unpaired) electrons. The van der Waals surface area contributed by atoms with Crippen LogP contribution in [0.1, 0.15) is 22.8 Å². The van der Waals surface area contributed by atoms with Gasteiger partial charge in [-0.25, -0.2) is 0 Å². The fraction of sp³-hybridized carbons (Fsp3) is 0.500. The second-order valence-corrected chi connectivity index (χ2v) is 3.86. The van der Waals surface area contributed by atoms with Gasteiger partial charge >= 0.3 is 0 Å². The standard InChI is InChI=1S/C12H19NO3/c1-7-5-10(16-4)8(2)12(15)11(7)9(14)6-13-3/h5,9,13-15H,6H2,1-4H3. The molecule has 90 valence electrons. The fourth-order valence-corrected chi connectivity index (χ4v) is 1.82. The number of likely N-dealkylation sites (N-methyl/N-ethyl adjacent to an activating group) is 1. The van der Waals surface area contributed by atoms with Gasteiger partial charge in [-0.05, 0) is 32.5 Å². The van der Waals surface area contributed by atoms with E-state index in [2.05, 4.69) is 5.32 Å². The number of phenols is 1. The van der Waals surface area contributed by atoms with Gasteiger partial charge in [0, 0.05) is 17.7 Å². The first-order valence-corrected chi connectivity index (χ1v) is 5.22. The molecule has 4 heteroatoms. The number of aliphatic hydroxyl groups excluding tert-OH is 1. The van der Waals surface area contributed by atoms with Crippen molar-refractivity contribution in [2.24, 2.45) is 0 Å². The summed E-state index contributed by atoms with van der Waals surface area (Å²) < 4.78 is 5.14. The minimum Gasteiger partial charge on any atom is -0.507 e. The number of nitrogens with one attached hydrogen (secondary N) is 1. The average Bonchev–Trinajstić information content (AvgIpc) is 2.24. The van der Waals surface area contributed by atoms with Crippen molar-refractivity contribution < 1.29 is 14.9 Å². The van der Waals surface area contributed by atoms with Crippen LogP contribution in [0.25, 0.3) is 0 Å². The van der Waals surface area contributed by atoms with E-state index in [1.54, 1.807) is 21.1 Å². The highest BCUT2D eigenvalue weighted by Crippen LogP contribution is 2.36. The zero-order chi connectivity index (χ0) is 12.3.